The first-order chi connectivity index (χ1) is 13.9. The molecule has 29 heavy (non-hydrogen) atoms. The molecule has 0 unspecified atom stereocenters. The quantitative estimate of drug-likeness (QED) is 0.660. The minimum absolute atomic E-state index is 0.0999. The van der Waals surface area contributed by atoms with Crippen LogP contribution in [0.2, 0.25) is 5.02 Å². The van der Waals surface area contributed by atoms with Crippen molar-refractivity contribution in [2.75, 3.05) is 19.5 Å². The van der Waals surface area contributed by atoms with Crippen molar-refractivity contribution in [2.45, 2.75) is 6.54 Å². The number of aromatic nitrogens is 1. The number of amides is 1. The first kappa shape index (κ1) is 20.4. The fourth-order valence-corrected chi connectivity index (χ4v) is 2.96. The van der Waals surface area contributed by atoms with Crippen LogP contribution >= 0.6 is 11.6 Å². The largest absolute Gasteiger partial charge is 0.497 e. The zero-order valence-corrected chi connectivity index (χ0v) is 16.5. The number of benzene rings is 2. The van der Waals surface area contributed by atoms with E-state index in [0.717, 1.165) is 0 Å². The summed E-state index contributed by atoms with van der Waals surface area (Å²) in [7, 11) is 3.00. The van der Waals surface area contributed by atoms with Crippen molar-refractivity contribution >= 4 is 23.2 Å². The van der Waals surface area contributed by atoms with Gasteiger partial charge in [0.1, 0.15) is 17.3 Å². The molecule has 1 N–H and O–H groups in total. The van der Waals surface area contributed by atoms with Crippen LogP contribution in [0.3, 0.4) is 0 Å². The third-order valence-electron chi connectivity index (χ3n) is 4.29. The normalized spacial score (nSPS) is 10.5. The van der Waals surface area contributed by atoms with Gasteiger partial charge in [0, 0.05) is 28.9 Å². The van der Waals surface area contributed by atoms with E-state index < -0.39 is 11.7 Å². The molecule has 0 aliphatic rings. The summed E-state index contributed by atoms with van der Waals surface area (Å²) in [4.78, 5) is 24.9. The number of carbonyl (C=O) groups excluding carboxylic acids is 1. The lowest BCUT2D eigenvalue weighted by Gasteiger charge is -2.13. The number of rotatable bonds is 6. The Morgan fingerprint density at radius 2 is 1.93 bits per heavy atom. The second-order valence-electron chi connectivity index (χ2n) is 6.10. The smallest absolute Gasteiger partial charge is 0.257 e. The van der Waals surface area contributed by atoms with Gasteiger partial charge in [-0.3, -0.25) is 9.59 Å². The van der Waals surface area contributed by atoms with Crippen molar-refractivity contribution in [3.05, 3.63) is 87.0 Å². The molecule has 3 rings (SSSR count). The van der Waals surface area contributed by atoms with Gasteiger partial charge >= 0.3 is 0 Å². The second-order valence-corrected chi connectivity index (χ2v) is 6.51. The molecule has 0 bridgehead atoms. The van der Waals surface area contributed by atoms with Crippen molar-refractivity contribution in [2.24, 2.45) is 0 Å². The maximum absolute atomic E-state index is 14.1. The van der Waals surface area contributed by atoms with Crippen molar-refractivity contribution in [3.63, 3.8) is 0 Å². The number of hydrogen-bond acceptors (Lipinski definition) is 4. The van der Waals surface area contributed by atoms with Gasteiger partial charge in [0.05, 0.1) is 32.0 Å². The Bertz CT molecular complexity index is 1090. The molecule has 1 amide bonds. The lowest BCUT2D eigenvalue weighted by Crippen LogP contribution is -2.23. The van der Waals surface area contributed by atoms with Gasteiger partial charge in [-0.1, -0.05) is 17.7 Å². The maximum atomic E-state index is 14.1. The number of carbonyl (C=O) groups is 1. The predicted molar refractivity (Wildman–Crippen MR) is 109 cm³/mol. The fourth-order valence-electron chi connectivity index (χ4n) is 2.74. The zero-order valence-electron chi connectivity index (χ0n) is 15.7. The van der Waals surface area contributed by atoms with E-state index in [1.165, 1.54) is 55.3 Å². The molecular formula is C21H18ClFN2O4. The van der Waals surface area contributed by atoms with E-state index in [1.807, 2.05) is 0 Å². The average molecular weight is 417 g/mol. The predicted octanol–water partition coefficient (Wildman–Crippen LogP) is 3.96. The number of nitrogens with zero attached hydrogens (tertiary/aromatic N) is 1. The van der Waals surface area contributed by atoms with Gasteiger partial charge in [-0.2, -0.15) is 0 Å². The van der Waals surface area contributed by atoms with E-state index in [4.69, 9.17) is 21.1 Å². The molecule has 0 aliphatic heterocycles. The highest BCUT2D eigenvalue weighted by atomic mass is 35.5. The first-order valence-corrected chi connectivity index (χ1v) is 8.97. The van der Waals surface area contributed by atoms with Crippen LogP contribution in [0.1, 0.15) is 15.9 Å². The standard InChI is InChI=1S/C21H18ClFN2O4/c1-28-14-7-8-18(19(10-14)29-2)24-21(27)13-6-9-20(26)25(11-13)12-15-16(22)4-3-5-17(15)23/h3-11H,12H2,1-2H3,(H,24,27). The molecule has 6 nitrogen and oxygen atoms in total. The van der Waals surface area contributed by atoms with Crippen LogP contribution in [0.15, 0.2) is 59.5 Å². The van der Waals surface area contributed by atoms with Gasteiger partial charge < -0.3 is 19.4 Å². The van der Waals surface area contributed by atoms with Crippen molar-refractivity contribution < 1.29 is 18.7 Å². The first-order valence-electron chi connectivity index (χ1n) is 8.59. The Morgan fingerprint density at radius 1 is 1.14 bits per heavy atom. The van der Waals surface area contributed by atoms with Gasteiger partial charge in [0.2, 0.25) is 0 Å². The summed E-state index contributed by atoms with van der Waals surface area (Å²) < 4.78 is 25.7. The molecule has 0 atom stereocenters. The lowest BCUT2D eigenvalue weighted by atomic mass is 10.2. The van der Waals surface area contributed by atoms with Gasteiger partial charge in [0.25, 0.3) is 11.5 Å². The molecular weight excluding hydrogens is 399 g/mol. The van der Waals surface area contributed by atoms with E-state index in [2.05, 4.69) is 5.32 Å². The van der Waals surface area contributed by atoms with E-state index in [9.17, 15) is 14.0 Å². The molecule has 0 saturated carbocycles. The van der Waals surface area contributed by atoms with Gasteiger partial charge in [0.15, 0.2) is 0 Å². The Morgan fingerprint density at radius 3 is 2.62 bits per heavy atom. The van der Waals surface area contributed by atoms with E-state index in [-0.39, 0.29) is 28.3 Å². The molecule has 0 fully saturated rings. The van der Waals surface area contributed by atoms with E-state index in [0.29, 0.717) is 17.2 Å². The van der Waals surface area contributed by atoms with Crippen LogP contribution < -0.4 is 20.3 Å². The Hall–Kier alpha value is -3.32. The minimum Gasteiger partial charge on any atom is -0.497 e. The third kappa shape index (κ3) is 4.57. The summed E-state index contributed by atoms with van der Waals surface area (Å²) in [5.74, 6) is 0.0170. The lowest BCUT2D eigenvalue weighted by molar-refractivity contribution is 0.102. The molecule has 1 aromatic heterocycles. The Labute approximate surface area is 171 Å². The number of methoxy groups -OCH3 is 2. The second kappa shape index (κ2) is 8.79. The highest BCUT2D eigenvalue weighted by Crippen LogP contribution is 2.29. The van der Waals surface area contributed by atoms with Crippen LogP contribution in [-0.4, -0.2) is 24.7 Å². The SMILES string of the molecule is COc1ccc(NC(=O)c2ccc(=O)n(Cc3c(F)cccc3Cl)c2)c(OC)c1. The molecule has 150 valence electrons. The highest BCUT2D eigenvalue weighted by molar-refractivity contribution is 6.31. The molecule has 1 heterocycles. The Kier molecular flexibility index (Phi) is 6.19. The zero-order chi connectivity index (χ0) is 21.0. The monoisotopic (exact) mass is 416 g/mol. The summed E-state index contributed by atoms with van der Waals surface area (Å²) in [6, 6.07) is 11.9. The van der Waals surface area contributed by atoms with Crippen LogP contribution in [-0.2, 0) is 6.54 Å². The van der Waals surface area contributed by atoms with Crippen LogP contribution in [0.5, 0.6) is 11.5 Å². The minimum atomic E-state index is -0.526. The van der Waals surface area contributed by atoms with Crippen molar-refractivity contribution in [1.29, 1.82) is 0 Å². The highest BCUT2D eigenvalue weighted by Gasteiger charge is 2.14. The number of nitrogens with one attached hydrogen (secondary N) is 1. The number of ether oxygens (including phenoxy) is 2. The molecule has 8 heteroatoms. The van der Waals surface area contributed by atoms with E-state index >= 15 is 0 Å². The molecule has 0 radical (unpaired) electrons. The Balaban J connectivity index is 1.88. The van der Waals surface area contributed by atoms with Crippen molar-refractivity contribution in [3.8, 4) is 11.5 Å². The molecule has 2 aromatic carbocycles. The van der Waals surface area contributed by atoms with Crippen molar-refractivity contribution in [1.82, 2.24) is 4.57 Å². The number of hydrogen-bond donors (Lipinski definition) is 1. The summed E-state index contributed by atoms with van der Waals surface area (Å²) in [5, 5.41) is 2.93. The van der Waals surface area contributed by atoms with Crippen LogP contribution in [0.4, 0.5) is 10.1 Å². The van der Waals surface area contributed by atoms with Gasteiger partial charge in [-0.05, 0) is 30.3 Å². The molecule has 0 saturated heterocycles. The van der Waals surface area contributed by atoms with Crippen LogP contribution in [0, 0.1) is 5.82 Å². The number of halogens is 2. The van der Waals surface area contributed by atoms with Gasteiger partial charge in [-0.25, -0.2) is 4.39 Å². The molecule has 0 aliphatic carbocycles. The summed E-state index contributed by atoms with van der Waals surface area (Å²) >= 11 is 6.04. The summed E-state index contributed by atoms with van der Waals surface area (Å²) in [6.07, 6.45) is 1.36. The molecule has 0 spiro atoms. The third-order valence-corrected chi connectivity index (χ3v) is 4.65. The fraction of sp³-hybridized carbons (Fsp3) is 0.143. The van der Waals surface area contributed by atoms with Gasteiger partial charge in [-0.15, -0.1) is 0 Å². The summed E-state index contributed by atoms with van der Waals surface area (Å²) in [6.45, 7) is -0.0999. The maximum Gasteiger partial charge on any atom is 0.257 e. The van der Waals surface area contributed by atoms with E-state index in [1.54, 1.807) is 18.2 Å². The number of anilines is 1. The molecule has 3 aromatic rings. The topological polar surface area (TPSA) is 69.6 Å². The number of pyridine rings is 1. The summed E-state index contributed by atoms with van der Waals surface area (Å²) in [5.41, 5.74) is 0.441. The average Bonchev–Trinajstić information content (AvgIpc) is 2.72. The van der Waals surface area contributed by atoms with Crippen LogP contribution in [0.25, 0.3) is 0 Å².